The van der Waals surface area contributed by atoms with E-state index in [-0.39, 0.29) is 42.8 Å². The highest BCUT2D eigenvalue weighted by molar-refractivity contribution is 6.05. The Bertz CT molecular complexity index is 939. The van der Waals surface area contributed by atoms with Crippen molar-refractivity contribution in [2.24, 2.45) is 11.8 Å². The average Bonchev–Trinajstić information content (AvgIpc) is 3.37. The summed E-state index contributed by atoms with van der Waals surface area (Å²) in [6, 6.07) is 12.0. The predicted octanol–water partition coefficient (Wildman–Crippen LogP) is 2.17. The maximum absolute atomic E-state index is 13.9. The highest BCUT2D eigenvalue weighted by atomic mass is 19.1. The molecule has 0 radical (unpaired) electrons. The Kier molecular flexibility index (Phi) is 4.05. The minimum atomic E-state index is -0.353. The number of carbonyl (C=O) groups is 2. The number of carbonyl (C=O) groups excluding carboxylic acids is 2. The van der Waals surface area contributed by atoms with Crippen molar-refractivity contribution < 1.29 is 23.5 Å². The molecule has 0 aliphatic carbocycles. The number of hydrogen-bond acceptors (Lipinski definition) is 5. The summed E-state index contributed by atoms with van der Waals surface area (Å²) in [5.41, 5.74) is 1.41. The number of benzene rings is 2. The molecule has 6 nitrogen and oxygen atoms in total. The zero-order valence-electron chi connectivity index (χ0n) is 15.1. The Morgan fingerprint density at radius 1 is 0.929 bits per heavy atom. The summed E-state index contributed by atoms with van der Waals surface area (Å²) in [5.74, 6) is 0.0342. The highest BCUT2D eigenvalue weighted by Gasteiger charge is 2.52. The van der Waals surface area contributed by atoms with E-state index in [1.54, 1.807) is 24.3 Å². The molecule has 2 aromatic rings. The van der Waals surface area contributed by atoms with Crippen molar-refractivity contribution in [3.05, 3.63) is 59.4 Å². The van der Waals surface area contributed by atoms with Gasteiger partial charge in [-0.25, -0.2) is 4.39 Å². The number of fused-ring (bicyclic) bond motifs is 2. The molecule has 5 rings (SSSR count). The summed E-state index contributed by atoms with van der Waals surface area (Å²) in [6.07, 6.45) is 0. The molecule has 0 spiro atoms. The van der Waals surface area contributed by atoms with Crippen LogP contribution in [0.1, 0.15) is 11.1 Å². The van der Waals surface area contributed by atoms with Crippen molar-refractivity contribution in [3.63, 3.8) is 0 Å². The van der Waals surface area contributed by atoms with E-state index in [1.165, 1.54) is 11.0 Å². The number of rotatable bonds is 4. The van der Waals surface area contributed by atoms with Gasteiger partial charge in [-0.05, 0) is 23.8 Å². The molecule has 3 aliphatic rings. The average molecular weight is 382 g/mol. The summed E-state index contributed by atoms with van der Waals surface area (Å²) < 4.78 is 24.6. The molecule has 0 N–H and O–H groups in total. The van der Waals surface area contributed by atoms with Gasteiger partial charge in [0.25, 0.3) is 0 Å². The minimum Gasteiger partial charge on any atom is -0.454 e. The van der Waals surface area contributed by atoms with E-state index < -0.39 is 0 Å². The maximum atomic E-state index is 13.9. The fraction of sp³-hybridized carbons (Fsp3) is 0.333. The first-order valence-electron chi connectivity index (χ1n) is 9.29. The van der Waals surface area contributed by atoms with E-state index in [2.05, 4.69) is 0 Å². The normalized spacial score (nSPS) is 23.5. The summed E-state index contributed by atoms with van der Waals surface area (Å²) >= 11 is 0. The molecule has 2 atom stereocenters. The van der Waals surface area contributed by atoms with Gasteiger partial charge in [0.15, 0.2) is 11.5 Å². The first-order valence-corrected chi connectivity index (χ1v) is 9.29. The number of likely N-dealkylation sites (tertiary alicyclic amines) is 2. The second-order valence-electron chi connectivity index (χ2n) is 7.45. The van der Waals surface area contributed by atoms with Gasteiger partial charge in [-0.1, -0.05) is 24.3 Å². The number of ether oxygens (including phenoxy) is 2. The Hall–Kier alpha value is -2.93. The van der Waals surface area contributed by atoms with Gasteiger partial charge in [0.05, 0.1) is 18.4 Å². The predicted molar refractivity (Wildman–Crippen MR) is 96.8 cm³/mol. The Morgan fingerprint density at radius 2 is 1.64 bits per heavy atom. The monoisotopic (exact) mass is 382 g/mol. The molecule has 2 aromatic carbocycles. The lowest BCUT2D eigenvalue weighted by Gasteiger charge is -2.21. The molecule has 2 amide bonds. The van der Waals surface area contributed by atoms with Crippen LogP contribution in [0.15, 0.2) is 42.5 Å². The van der Waals surface area contributed by atoms with Crippen LogP contribution >= 0.6 is 0 Å². The number of halogens is 1. The van der Waals surface area contributed by atoms with E-state index >= 15 is 0 Å². The second kappa shape index (κ2) is 6.60. The van der Waals surface area contributed by atoms with Crippen molar-refractivity contribution in [1.82, 2.24) is 9.80 Å². The SMILES string of the molecule is O=C1[C@H]2CN(Cc3ccccc3F)C[C@H]2C(=O)N1Cc1ccc2c(c1)OCO2. The third-order valence-electron chi connectivity index (χ3n) is 5.69. The number of nitrogens with zero attached hydrogens (tertiary/aromatic N) is 2. The Balaban J connectivity index is 1.28. The van der Waals surface area contributed by atoms with Gasteiger partial charge < -0.3 is 9.47 Å². The topological polar surface area (TPSA) is 59.1 Å². The number of hydrogen-bond donors (Lipinski definition) is 0. The van der Waals surface area contributed by atoms with Gasteiger partial charge in [0.1, 0.15) is 5.82 Å². The molecule has 0 aromatic heterocycles. The maximum Gasteiger partial charge on any atom is 0.234 e. The Labute approximate surface area is 161 Å². The van der Waals surface area contributed by atoms with Gasteiger partial charge >= 0.3 is 0 Å². The zero-order chi connectivity index (χ0) is 19.3. The van der Waals surface area contributed by atoms with Crippen molar-refractivity contribution in [2.75, 3.05) is 19.9 Å². The van der Waals surface area contributed by atoms with Crippen LogP contribution < -0.4 is 9.47 Å². The van der Waals surface area contributed by atoms with E-state index in [1.807, 2.05) is 17.0 Å². The molecular weight excluding hydrogens is 363 g/mol. The van der Waals surface area contributed by atoms with Gasteiger partial charge in [-0.15, -0.1) is 0 Å². The Morgan fingerprint density at radius 3 is 2.39 bits per heavy atom. The molecule has 28 heavy (non-hydrogen) atoms. The fourth-order valence-electron chi connectivity index (χ4n) is 4.27. The third-order valence-corrected chi connectivity index (χ3v) is 5.69. The van der Waals surface area contributed by atoms with Crippen LogP contribution in [0, 0.1) is 17.7 Å². The second-order valence-corrected chi connectivity index (χ2v) is 7.45. The summed E-state index contributed by atoms with van der Waals surface area (Å²) in [4.78, 5) is 29.0. The van der Waals surface area contributed by atoms with Crippen molar-refractivity contribution in [2.45, 2.75) is 13.1 Å². The molecule has 144 valence electrons. The highest BCUT2D eigenvalue weighted by Crippen LogP contribution is 2.37. The van der Waals surface area contributed by atoms with Crippen LogP contribution in [-0.2, 0) is 22.7 Å². The first kappa shape index (κ1) is 17.2. The van der Waals surface area contributed by atoms with Crippen LogP contribution in [0.25, 0.3) is 0 Å². The van der Waals surface area contributed by atoms with Crippen LogP contribution in [-0.4, -0.2) is 41.5 Å². The standard InChI is InChI=1S/C21H19FN2O4/c22-17-4-2-1-3-14(17)9-23-10-15-16(11-23)21(26)24(20(15)25)8-13-5-6-18-19(7-13)28-12-27-18/h1-7,15-16H,8-12H2/t15-,16+. The van der Waals surface area contributed by atoms with E-state index in [0.717, 1.165) is 5.56 Å². The van der Waals surface area contributed by atoms with E-state index in [0.29, 0.717) is 36.7 Å². The summed E-state index contributed by atoms with van der Waals surface area (Å²) in [6.45, 7) is 1.77. The zero-order valence-corrected chi connectivity index (χ0v) is 15.1. The van der Waals surface area contributed by atoms with Crippen molar-refractivity contribution in [1.29, 1.82) is 0 Å². The molecule has 7 heteroatoms. The van der Waals surface area contributed by atoms with Crippen molar-refractivity contribution in [3.8, 4) is 11.5 Å². The number of amides is 2. The molecule has 2 fully saturated rings. The lowest BCUT2D eigenvalue weighted by atomic mass is 10.00. The van der Waals surface area contributed by atoms with E-state index in [9.17, 15) is 14.0 Å². The molecular formula is C21H19FN2O4. The quantitative estimate of drug-likeness (QED) is 0.759. The van der Waals surface area contributed by atoms with Gasteiger partial charge in [-0.3, -0.25) is 19.4 Å². The molecule has 2 saturated heterocycles. The van der Waals surface area contributed by atoms with Crippen molar-refractivity contribution >= 4 is 11.8 Å². The van der Waals surface area contributed by atoms with Crippen LogP contribution in [0.4, 0.5) is 4.39 Å². The molecule has 3 heterocycles. The largest absolute Gasteiger partial charge is 0.454 e. The third kappa shape index (κ3) is 2.82. The smallest absolute Gasteiger partial charge is 0.234 e. The van der Waals surface area contributed by atoms with Gasteiger partial charge in [0, 0.05) is 25.2 Å². The van der Waals surface area contributed by atoms with E-state index in [4.69, 9.17) is 9.47 Å². The van der Waals surface area contributed by atoms with Gasteiger partial charge in [-0.2, -0.15) is 0 Å². The summed E-state index contributed by atoms with van der Waals surface area (Å²) in [5, 5.41) is 0. The van der Waals surface area contributed by atoms with Gasteiger partial charge in [0.2, 0.25) is 18.6 Å². The molecule has 3 aliphatic heterocycles. The summed E-state index contributed by atoms with van der Waals surface area (Å²) in [7, 11) is 0. The first-order chi connectivity index (χ1) is 13.6. The van der Waals surface area contributed by atoms with Crippen LogP contribution in [0.3, 0.4) is 0 Å². The molecule has 0 bridgehead atoms. The number of imide groups is 1. The lowest BCUT2D eigenvalue weighted by molar-refractivity contribution is -0.141. The van der Waals surface area contributed by atoms with Crippen LogP contribution in [0.2, 0.25) is 0 Å². The van der Waals surface area contributed by atoms with Crippen LogP contribution in [0.5, 0.6) is 11.5 Å². The molecule has 0 saturated carbocycles. The lowest BCUT2D eigenvalue weighted by Crippen LogP contribution is -2.35. The fourth-order valence-corrected chi connectivity index (χ4v) is 4.27. The molecule has 0 unspecified atom stereocenters. The minimum absolute atomic E-state index is 0.149.